The fraction of sp³-hybridized carbons (Fsp3) is 0.562. The van der Waals surface area contributed by atoms with Crippen molar-refractivity contribution in [3.05, 3.63) is 28.8 Å². The van der Waals surface area contributed by atoms with Gasteiger partial charge in [0.25, 0.3) is 0 Å². The number of carbonyl (C=O) groups excluding carboxylic acids is 1. The highest BCUT2D eigenvalue weighted by Crippen LogP contribution is 2.23. The van der Waals surface area contributed by atoms with Crippen molar-refractivity contribution in [2.75, 3.05) is 6.61 Å². The highest BCUT2D eigenvalue weighted by molar-refractivity contribution is 6.30. The third kappa shape index (κ3) is 7.23. The van der Waals surface area contributed by atoms with E-state index in [0.29, 0.717) is 18.2 Å². The van der Waals surface area contributed by atoms with Gasteiger partial charge in [0.2, 0.25) is 0 Å². The standard InChI is InChI=1S/C16H24ClNO3/c1-5-6-9-20-14-8-7-13(17)10-12(14)11-18-15(19)21-16(2,3)4/h7-8,10H,5-6,9,11H2,1-4H3,(H,18,19). The number of hydrogen-bond acceptors (Lipinski definition) is 3. The van der Waals surface area contributed by atoms with E-state index in [1.54, 1.807) is 12.1 Å². The van der Waals surface area contributed by atoms with Crippen molar-refractivity contribution in [1.29, 1.82) is 0 Å². The van der Waals surface area contributed by atoms with Crippen LogP contribution in [0.3, 0.4) is 0 Å². The topological polar surface area (TPSA) is 47.6 Å². The zero-order chi connectivity index (χ0) is 15.9. The molecule has 0 atom stereocenters. The van der Waals surface area contributed by atoms with Gasteiger partial charge in [-0.05, 0) is 45.4 Å². The first-order valence-electron chi connectivity index (χ1n) is 7.20. The summed E-state index contributed by atoms with van der Waals surface area (Å²) in [7, 11) is 0. The molecular formula is C16H24ClNO3. The van der Waals surface area contributed by atoms with Gasteiger partial charge in [0.1, 0.15) is 11.4 Å². The molecule has 1 N–H and O–H groups in total. The van der Waals surface area contributed by atoms with Gasteiger partial charge in [0.15, 0.2) is 0 Å². The summed E-state index contributed by atoms with van der Waals surface area (Å²) in [6, 6.07) is 5.39. The molecule has 1 amide bonds. The minimum absolute atomic E-state index is 0.316. The molecule has 5 heteroatoms. The van der Waals surface area contributed by atoms with E-state index in [1.165, 1.54) is 0 Å². The predicted octanol–water partition coefficient (Wildman–Crippen LogP) is 4.54. The molecule has 0 saturated carbocycles. The maximum Gasteiger partial charge on any atom is 0.407 e. The molecule has 0 saturated heterocycles. The summed E-state index contributed by atoms with van der Waals surface area (Å²) in [6.07, 6.45) is 1.60. The van der Waals surface area contributed by atoms with Crippen LogP contribution in [-0.2, 0) is 11.3 Å². The molecule has 0 aliphatic rings. The number of ether oxygens (including phenoxy) is 2. The van der Waals surface area contributed by atoms with Gasteiger partial charge in [-0.1, -0.05) is 24.9 Å². The maximum atomic E-state index is 11.7. The minimum atomic E-state index is -0.515. The van der Waals surface area contributed by atoms with Gasteiger partial charge >= 0.3 is 6.09 Å². The molecular weight excluding hydrogens is 290 g/mol. The Morgan fingerprint density at radius 1 is 1.33 bits per heavy atom. The van der Waals surface area contributed by atoms with E-state index in [0.717, 1.165) is 24.2 Å². The number of unbranched alkanes of at least 4 members (excludes halogenated alkanes) is 1. The van der Waals surface area contributed by atoms with Gasteiger partial charge in [-0.3, -0.25) is 0 Å². The summed E-state index contributed by atoms with van der Waals surface area (Å²) >= 11 is 6.00. The Bertz CT molecular complexity index is 469. The van der Waals surface area contributed by atoms with Crippen molar-refractivity contribution in [2.24, 2.45) is 0 Å². The van der Waals surface area contributed by atoms with Crippen molar-refractivity contribution >= 4 is 17.7 Å². The summed E-state index contributed by atoms with van der Waals surface area (Å²) in [5, 5.41) is 3.32. The summed E-state index contributed by atoms with van der Waals surface area (Å²) in [4.78, 5) is 11.7. The average Bonchev–Trinajstić information content (AvgIpc) is 2.37. The van der Waals surface area contributed by atoms with E-state index in [1.807, 2.05) is 26.8 Å². The normalized spacial score (nSPS) is 11.1. The Balaban J connectivity index is 2.64. The largest absolute Gasteiger partial charge is 0.493 e. The molecule has 118 valence electrons. The number of alkyl carbamates (subject to hydrolysis) is 1. The van der Waals surface area contributed by atoms with Crippen molar-refractivity contribution in [3.8, 4) is 5.75 Å². The number of amides is 1. The smallest absolute Gasteiger partial charge is 0.407 e. The van der Waals surface area contributed by atoms with Crippen LogP contribution in [-0.4, -0.2) is 18.3 Å². The zero-order valence-corrected chi connectivity index (χ0v) is 13.9. The van der Waals surface area contributed by atoms with E-state index in [9.17, 15) is 4.79 Å². The first-order valence-corrected chi connectivity index (χ1v) is 7.57. The highest BCUT2D eigenvalue weighted by Gasteiger charge is 2.16. The number of rotatable bonds is 6. The van der Waals surface area contributed by atoms with Gasteiger partial charge in [-0.2, -0.15) is 0 Å². The third-order valence-electron chi connectivity index (χ3n) is 2.60. The van der Waals surface area contributed by atoms with E-state index in [2.05, 4.69) is 12.2 Å². The molecule has 1 aromatic carbocycles. The fourth-order valence-electron chi connectivity index (χ4n) is 1.64. The second kappa shape index (κ2) is 8.13. The summed E-state index contributed by atoms with van der Waals surface area (Å²) in [5.41, 5.74) is 0.322. The lowest BCUT2D eigenvalue weighted by Gasteiger charge is -2.20. The molecule has 0 fully saturated rings. The average molecular weight is 314 g/mol. The second-order valence-corrected chi connectivity index (χ2v) is 6.25. The summed E-state index contributed by atoms with van der Waals surface area (Å²) in [5.74, 6) is 0.740. The van der Waals surface area contributed by atoms with Crippen LogP contribution in [0.5, 0.6) is 5.75 Å². The number of nitrogens with one attached hydrogen (secondary N) is 1. The molecule has 0 radical (unpaired) electrons. The first kappa shape index (κ1) is 17.6. The van der Waals surface area contributed by atoms with Gasteiger partial charge in [-0.25, -0.2) is 4.79 Å². The second-order valence-electron chi connectivity index (χ2n) is 5.81. The van der Waals surface area contributed by atoms with Crippen LogP contribution >= 0.6 is 11.6 Å². The molecule has 0 aromatic heterocycles. The van der Waals surface area contributed by atoms with E-state index in [4.69, 9.17) is 21.1 Å². The molecule has 21 heavy (non-hydrogen) atoms. The number of hydrogen-bond donors (Lipinski definition) is 1. The fourth-order valence-corrected chi connectivity index (χ4v) is 1.83. The van der Waals surface area contributed by atoms with E-state index in [-0.39, 0.29) is 0 Å². The van der Waals surface area contributed by atoms with Crippen LogP contribution < -0.4 is 10.1 Å². The van der Waals surface area contributed by atoms with Crippen molar-refractivity contribution in [2.45, 2.75) is 52.7 Å². The van der Waals surface area contributed by atoms with Crippen LogP contribution in [0.15, 0.2) is 18.2 Å². The lowest BCUT2D eigenvalue weighted by atomic mass is 10.2. The SMILES string of the molecule is CCCCOc1ccc(Cl)cc1CNC(=O)OC(C)(C)C. The first-order chi connectivity index (χ1) is 9.81. The molecule has 0 unspecified atom stereocenters. The van der Waals surface area contributed by atoms with Crippen LogP contribution in [0.1, 0.15) is 46.1 Å². The molecule has 0 heterocycles. The summed E-state index contributed by atoms with van der Waals surface area (Å²) in [6.45, 7) is 8.55. The van der Waals surface area contributed by atoms with Gasteiger partial charge in [-0.15, -0.1) is 0 Å². The van der Waals surface area contributed by atoms with Crippen molar-refractivity contribution in [3.63, 3.8) is 0 Å². The molecule has 1 aromatic rings. The summed E-state index contributed by atoms with van der Waals surface area (Å²) < 4.78 is 10.9. The Labute approximate surface area is 131 Å². The van der Waals surface area contributed by atoms with Crippen molar-refractivity contribution < 1.29 is 14.3 Å². The zero-order valence-electron chi connectivity index (χ0n) is 13.2. The highest BCUT2D eigenvalue weighted by atomic mass is 35.5. The number of halogens is 1. The Kier molecular flexibility index (Phi) is 6.82. The monoisotopic (exact) mass is 313 g/mol. The van der Waals surface area contributed by atoms with Crippen LogP contribution in [0.4, 0.5) is 4.79 Å². The lowest BCUT2D eigenvalue weighted by molar-refractivity contribution is 0.0523. The number of benzene rings is 1. The molecule has 0 spiro atoms. The van der Waals surface area contributed by atoms with E-state index < -0.39 is 11.7 Å². The third-order valence-corrected chi connectivity index (χ3v) is 2.84. The minimum Gasteiger partial charge on any atom is -0.493 e. The Morgan fingerprint density at radius 3 is 2.67 bits per heavy atom. The van der Waals surface area contributed by atoms with E-state index >= 15 is 0 Å². The van der Waals surface area contributed by atoms with Gasteiger partial charge in [0, 0.05) is 17.1 Å². The molecule has 1 rings (SSSR count). The quantitative estimate of drug-likeness (QED) is 0.784. The molecule has 4 nitrogen and oxygen atoms in total. The van der Waals surface area contributed by atoms with Crippen LogP contribution in [0.2, 0.25) is 5.02 Å². The Hall–Kier alpha value is -1.42. The lowest BCUT2D eigenvalue weighted by Crippen LogP contribution is -2.32. The van der Waals surface area contributed by atoms with Gasteiger partial charge in [0.05, 0.1) is 6.61 Å². The van der Waals surface area contributed by atoms with Crippen LogP contribution in [0.25, 0.3) is 0 Å². The molecule has 0 aliphatic carbocycles. The maximum absolute atomic E-state index is 11.7. The Morgan fingerprint density at radius 2 is 2.05 bits per heavy atom. The predicted molar refractivity (Wildman–Crippen MR) is 84.9 cm³/mol. The van der Waals surface area contributed by atoms with Gasteiger partial charge < -0.3 is 14.8 Å². The molecule has 0 aliphatic heterocycles. The van der Waals surface area contributed by atoms with Crippen molar-refractivity contribution in [1.82, 2.24) is 5.32 Å². The number of carbonyl (C=O) groups is 1. The molecule has 0 bridgehead atoms. The van der Waals surface area contributed by atoms with Crippen LogP contribution in [0, 0.1) is 0 Å².